The highest BCUT2D eigenvalue weighted by molar-refractivity contribution is 7.11. The van der Waals surface area contributed by atoms with Crippen molar-refractivity contribution in [1.82, 2.24) is 0 Å². The van der Waals surface area contributed by atoms with Crippen LogP contribution >= 0.6 is 0 Å². The van der Waals surface area contributed by atoms with Crippen LogP contribution in [0.15, 0.2) is 425 Å². The lowest BCUT2D eigenvalue weighted by atomic mass is 9.94. The number of fused-ring (bicyclic) bond motifs is 4. The van der Waals surface area contributed by atoms with E-state index in [0.29, 0.717) is 34.5 Å². The molecule has 0 aromatic heterocycles. The van der Waals surface area contributed by atoms with Gasteiger partial charge in [-0.2, -0.15) is 0 Å². The summed E-state index contributed by atoms with van der Waals surface area (Å²) in [5, 5.41) is 69.9. The second-order valence-corrected chi connectivity index (χ2v) is 31.0. The first-order valence-corrected chi connectivity index (χ1v) is 39.5. The van der Waals surface area contributed by atoms with Crippen LogP contribution in [-0.2, 0) is 0 Å². The van der Waals surface area contributed by atoms with E-state index >= 15 is 0 Å². The number of aryl methyl sites for hydroxylation is 3. The Hall–Kier alpha value is -14.0. The number of hydrogen-bond donors (Lipinski definition) is 6. The van der Waals surface area contributed by atoms with Crippen molar-refractivity contribution in [3.63, 3.8) is 0 Å². The predicted octanol–water partition coefficient (Wildman–Crippen LogP) is 25.0. The van der Waals surface area contributed by atoms with Crippen molar-refractivity contribution < 1.29 is 30.6 Å². The zero-order chi connectivity index (χ0) is 77.3. The first kappa shape index (κ1) is 76.7. The van der Waals surface area contributed by atoms with Crippen molar-refractivity contribution in [2.75, 3.05) is 0 Å². The Kier molecular flexibility index (Phi) is 25.9. The lowest BCUT2D eigenvalue weighted by Gasteiger charge is -2.33. The lowest BCUT2D eigenvalue weighted by molar-refractivity contribution is 0.475. The van der Waals surface area contributed by atoms with Gasteiger partial charge in [0.2, 0.25) is 0 Å². The van der Waals surface area contributed by atoms with Gasteiger partial charge in [0, 0.05) is 10.8 Å². The van der Waals surface area contributed by atoms with Crippen molar-refractivity contribution in [3.8, 4) is 90.1 Å². The minimum absolute atomic E-state index is 0.290. The number of aromatic hydroxyl groups is 6. The van der Waals surface area contributed by atoms with Gasteiger partial charge >= 0.3 is 0 Å². The number of phenolic OH excluding ortho intramolecular Hbond substituents is 6. The van der Waals surface area contributed by atoms with Crippen LogP contribution < -0.4 is 15.6 Å². The maximum absolute atomic E-state index is 10.1. The van der Waals surface area contributed by atoms with E-state index < -0.39 is 8.07 Å². The summed E-state index contributed by atoms with van der Waals surface area (Å²) in [4.78, 5) is 0. The zero-order valence-electron chi connectivity index (χ0n) is 62.6. The van der Waals surface area contributed by atoms with E-state index in [1.54, 1.807) is 54.6 Å². The van der Waals surface area contributed by atoms with E-state index in [4.69, 9.17) is 10.2 Å². The van der Waals surface area contributed by atoms with Crippen molar-refractivity contribution in [2.24, 2.45) is 0 Å². The van der Waals surface area contributed by atoms with Crippen LogP contribution in [-0.4, -0.2) is 38.7 Å². The van der Waals surface area contributed by atoms with E-state index in [0.717, 1.165) is 76.8 Å². The fourth-order valence-corrected chi connectivity index (χ4v) is 18.8. The largest absolute Gasteiger partial charge is 0.508 e. The number of hydrogen-bond acceptors (Lipinski definition) is 6. The monoisotopic (exact) mass is 1460 g/mol. The fraction of sp³-hybridized carbons (Fsp3) is 0.0385. The Bertz CT molecular complexity index is 5900. The van der Waals surface area contributed by atoms with Gasteiger partial charge in [-0.25, -0.2) is 0 Å². The van der Waals surface area contributed by atoms with Crippen molar-refractivity contribution in [2.45, 2.75) is 27.3 Å². The molecule has 6 nitrogen and oxygen atoms in total. The summed E-state index contributed by atoms with van der Waals surface area (Å²) in [6.45, 7) is 9.24. The molecule has 7 heteroatoms. The van der Waals surface area contributed by atoms with Gasteiger partial charge in [0.25, 0.3) is 0 Å². The van der Waals surface area contributed by atoms with E-state index in [-0.39, 0.29) is 0 Å². The highest BCUT2D eigenvalue weighted by Gasteiger charge is 2.37. The Balaban J connectivity index is 0.000000122. The van der Waals surface area contributed by atoms with Gasteiger partial charge in [0.1, 0.15) is 42.6 Å². The van der Waals surface area contributed by atoms with Gasteiger partial charge in [0.05, 0.1) is 0 Å². The Morgan fingerprint density at radius 3 is 1.06 bits per heavy atom. The molecule has 0 aliphatic carbocycles. The molecule has 6 N–H and O–H groups in total. The van der Waals surface area contributed by atoms with Crippen molar-refractivity contribution in [1.29, 1.82) is 0 Å². The molecule has 0 atom stereocenters. The summed E-state index contributed by atoms with van der Waals surface area (Å²) in [6, 6.07) is 140. The standard InChI is InChI=1S/C22H24Si.C20H14O.C18H14O.2C12H10O.2C10H8O/c1-17-11-5-8-14-20(17)23(4,21-15-9-6-12-18(21)2)22-16-10-7-13-19(22)3;21-20-13-12-18(17-9-3-4-10-19(17)20)16-11-5-7-14-6-1-2-8-15(14)16;19-16-11-12-17(14-7-3-1-4-8-14)18(13-16)15-9-5-2-6-10-15;13-12-8-4-7-11(9-12)10-5-2-1-3-6-10;13-12-8-6-11(7-9-12)10-4-2-1-3-5-10;11-10-7-3-5-8-4-1-2-6-9(8)10;11-10-6-5-8-3-1-2-4-9(8)7-10/h5-16H,1-4H3;1-13,21H;1-13,19H;2*1-9,13H;2*1-7,11H. The lowest BCUT2D eigenvalue weighted by Crippen LogP contribution is -2.66. The van der Waals surface area contributed by atoms with Crippen molar-refractivity contribution in [3.05, 3.63) is 441 Å². The molecule has 0 saturated heterocycles. The molecule has 18 aromatic rings. The molecule has 0 saturated carbocycles. The maximum atomic E-state index is 10.1. The summed E-state index contributed by atoms with van der Waals surface area (Å²) in [5.74, 6) is 1.90. The van der Waals surface area contributed by atoms with E-state index in [2.05, 4.69) is 173 Å². The highest BCUT2D eigenvalue weighted by Crippen LogP contribution is 2.38. The SMILES string of the molecule is Cc1ccccc1[Si](C)(c1ccccc1C)c1ccccc1C.Oc1ccc(-c2cccc3ccccc23)c2ccccc12.Oc1ccc(-c2ccccc2)c(-c2ccccc2)c1.Oc1ccc(-c2ccccc2)cc1.Oc1ccc2ccccc2c1.Oc1cccc(-c2ccccc2)c1.Oc1cccc2ccccc12. The highest BCUT2D eigenvalue weighted by atomic mass is 28.3. The van der Waals surface area contributed by atoms with Crippen LogP contribution in [0.4, 0.5) is 0 Å². The topological polar surface area (TPSA) is 121 Å². The molecule has 0 aliphatic heterocycles. The van der Waals surface area contributed by atoms with E-state index in [1.165, 1.54) is 54.1 Å². The minimum atomic E-state index is -2.01. The van der Waals surface area contributed by atoms with Gasteiger partial charge in [-0.3, -0.25) is 0 Å². The molecule has 0 heterocycles. The molecule has 111 heavy (non-hydrogen) atoms. The second-order valence-electron chi connectivity index (χ2n) is 27.1. The smallest absolute Gasteiger partial charge is 0.146 e. The Morgan fingerprint density at radius 1 is 0.180 bits per heavy atom. The third-order valence-electron chi connectivity index (χ3n) is 19.6. The second kappa shape index (κ2) is 37.5. The molecule has 544 valence electrons. The van der Waals surface area contributed by atoms with Crippen LogP contribution in [0, 0.1) is 20.8 Å². The maximum Gasteiger partial charge on any atom is 0.146 e. The third-order valence-corrected chi connectivity index (χ3v) is 24.5. The van der Waals surface area contributed by atoms with Gasteiger partial charge in [-0.1, -0.05) is 387 Å². The number of phenols is 6. The average molecular weight is 1460 g/mol. The van der Waals surface area contributed by atoms with Gasteiger partial charge in [-0.05, 0) is 185 Å². The van der Waals surface area contributed by atoms with Crippen LogP contribution in [0.5, 0.6) is 34.5 Å². The molecule has 0 bridgehead atoms. The molecule has 0 spiro atoms. The number of benzene rings is 18. The number of rotatable bonds is 8. The third kappa shape index (κ3) is 19.6. The summed E-state index contributed by atoms with van der Waals surface area (Å²) in [5.41, 5.74) is 15.4. The predicted molar refractivity (Wildman–Crippen MR) is 470 cm³/mol. The summed E-state index contributed by atoms with van der Waals surface area (Å²) in [7, 11) is -2.01. The normalized spacial score (nSPS) is 10.6. The molecule has 0 radical (unpaired) electrons. The molecule has 18 rings (SSSR count). The average Bonchev–Trinajstić information content (AvgIpc) is 0.744. The Morgan fingerprint density at radius 2 is 0.523 bits per heavy atom. The van der Waals surface area contributed by atoms with Crippen LogP contribution in [0.3, 0.4) is 0 Å². The zero-order valence-corrected chi connectivity index (χ0v) is 63.6. The Labute approximate surface area is 652 Å². The first-order chi connectivity index (χ1) is 54.2. The van der Waals surface area contributed by atoms with E-state index in [9.17, 15) is 20.4 Å². The molecular weight excluding hydrogens is 1370 g/mol. The fourth-order valence-electron chi connectivity index (χ4n) is 14.1. The van der Waals surface area contributed by atoms with Crippen LogP contribution in [0.25, 0.3) is 98.7 Å². The van der Waals surface area contributed by atoms with Crippen molar-refractivity contribution >= 4 is 66.7 Å². The van der Waals surface area contributed by atoms with Crippen LogP contribution in [0.1, 0.15) is 16.7 Å². The molecular formula is C104H88O6Si. The molecule has 0 unspecified atom stereocenters. The molecule has 0 amide bonds. The van der Waals surface area contributed by atoms with Crippen LogP contribution in [0.2, 0.25) is 6.55 Å². The molecule has 0 fully saturated rings. The van der Waals surface area contributed by atoms with E-state index in [1.807, 2.05) is 224 Å². The summed E-state index contributed by atoms with van der Waals surface area (Å²) in [6.07, 6.45) is 0. The molecule has 0 aliphatic rings. The minimum Gasteiger partial charge on any atom is -0.508 e. The van der Waals surface area contributed by atoms with Gasteiger partial charge in [-0.15, -0.1) is 0 Å². The van der Waals surface area contributed by atoms with Gasteiger partial charge in [0.15, 0.2) is 0 Å². The summed E-state index contributed by atoms with van der Waals surface area (Å²) < 4.78 is 0. The van der Waals surface area contributed by atoms with Gasteiger partial charge < -0.3 is 30.6 Å². The quantitative estimate of drug-likeness (QED) is 0.0666. The first-order valence-electron chi connectivity index (χ1n) is 37.0. The molecule has 18 aromatic carbocycles. The summed E-state index contributed by atoms with van der Waals surface area (Å²) >= 11 is 0.